The van der Waals surface area contributed by atoms with Crippen LogP contribution in [0.2, 0.25) is 0 Å². The highest BCUT2D eigenvalue weighted by atomic mass is 16.5. The van der Waals surface area contributed by atoms with Crippen LogP contribution in [0.1, 0.15) is 24.8 Å². The van der Waals surface area contributed by atoms with Gasteiger partial charge in [-0.05, 0) is 54.5 Å². The summed E-state index contributed by atoms with van der Waals surface area (Å²) in [5.41, 5.74) is 8.64. The summed E-state index contributed by atoms with van der Waals surface area (Å²) in [6, 6.07) is 18.3. The number of nitrogens with two attached hydrogens (primary N) is 1. The minimum atomic E-state index is 0.271. The van der Waals surface area contributed by atoms with Gasteiger partial charge in [0.05, 0.1) is 7.11 Å². The van der Waals surface area contributed by atoms with Crippen molar-refractivity contribution in [3.05, 3.63) is 60.2 Å². The Bertz CT molecular complexity index is 676. The van der Waals surface area contributed by atoms with Crippen LogP contribution < -0.4 is 15.8 Å². The summed E-state index contributed by atoms with van der Waals surface area (Å²) in [7, 11) is 1.66. The molecule has 3 rings (SSSR count). The molecular weight excluding hydrogens is 298 g/mol. The van der Waals surface area contributed by atoms with Crippen LogP contribution in [0.3, 0.4) is 0 Å². The molecule has 0 amide bonds. The molecule has 2 aromatic rings. The fourth-order valence-electron chi connectivity index (χ4n) is 3.21. The topological polar surface area (TPSA) is 59.6 Å². The second kappa shape index (κ2) is 7.39. The van der Waals surface area contributed by atoms with Gasteiger partial charge in [0, 0.05) is 12.2 Å². The number of nitrogens with zero attached hydrogens (tertiary/aromatic N) is 1. The fraction of sp³-hybridized carbons (Fsp3) is 0.350. The van der Waals surface area contributed by atoms with E-state index in [-0.39, 0.29) is 5.41 Å². The first-order valence-electron chi connectivity index (χ1n) is 8.44. The van der Waals surface area contributed by atoms with Gasteiger partial charge in [-0.15, -0.1) is 0 Å². The van der Waals surface area contributed by atoms with E-state index in [0.717, 1.165) is 24.4 Å². The minimum Gasteiger partial charge on any atom is -0.497 e. The molecule has 0 aromatic heterocycles. The summed E-state index contributed by atoms with van der Waals surface area (Å²) >= 11 is 0. The van der Waals surface area contributed by atoms with Crippen LogP contribution >= 0.6 is 0 Å². The molecule has 3 N–H and O–H groups in total. The summed E-state index contributed by atoms with van der Waals surface area (Å²) in [4.78, 5) is 4.60. The average Bonchev–Trinajstić information content (AvgIpc) is 2.59. The van der Waals surface area contributed by atoms with Crippen molar-refractivity contribution in [2.24, 2.45) is 16.1 Å². The Morgan fingerprint density at radius 2 is 1.83 bits per heavy atom. The Hall–Kier alpha value is -2.49. The van der Waals surface area contributed by atoms with Gasteiger partial charge in [0.1, 0.15) is 5.75 Å². The summed E-state index contributed by atoms with van der Waals surface area (Å²) in [6.07, 6.45) is 4.81. The molecule has 0 aliphatic heterocycles. The highest BCUT2D eigenvalue weighted by Crippen LogP contribution is 2.44. The Kier molecular flexibility index (Phi) is 5.04. The summed E-state index contributed by atoms with van der Waals surface area (Å²) in [5, 5.41) is 3.15. The van der Waals surface area contributed by atoms with Crippen molar-refractivity contribution in [2.75, 3.05) is 19.0 Å². The van der Waals surface area contributed by atoms with Gasteiger partial charge < -0.3 is 15.8 Å². The number of benzene rings is 2. The number of nitrogens with one attached hydrogen (secondary N) is 1. The standard InChI is InChI=1S/C20H25N3O/c1-24-18-10-8-17(9-11-18)23-19(21)22-15-20(12-5-13-20)14-16-6-3-2-4-7-16/h2-4,6-11H,5,12-15H2,1H3,(H3,21,22,23). The van der Waals surface area contributed by atoms with E-state index < -0.39 is 0 Å². The molecular formula is C20H25N3O. The zero-order chi connectivity index (χ0) is 16.8. The van der Waals surface area contributed by atoms with Crippen LogP contribution in [-0.4, -0.2) is 19.6 Å². The van der Waals surface area contributed by atoms with Crippen molar-refractivity contribution in [3.8, 4) is 5.75 Å². The van der Waals surface area contributed by atoms with Crippen LogP contribution in [0.15, 0.2) is 59.6 Å². The fourth-order valence-corrected chi connectivity index (χ4v) is 3.21. The molecule has 1 aliphatic rings. The Morgan fingerprint density at radius 1 is 1.12 bits per heavy atom. The number of hydrogen-bond acceptors (Lipinski definition) is 2. The Morgan fingerprint density at radius 3 is 2.42 bits per heavy atom. The molecule has 1 fully saturated rings. The second-order valence-corrected chi connectivity index (χ2v) is 6.57. The van der Waals surface area contributed by atoms with Crippen molar-refractivity contribution in [3.63, 3.8) is 0 Å². The molecule has 4 heteroatoms. The van der Waals surface area contributed by atoms with E-state index in [2.05, 4.69) is 40.6 Å². The summed E-state index contributed by atoms with van der Waals surface area (Å²) < 4.78 is 5.16. The van der Waals surface area contributed by atoms with Gasteiger partial charge in [0.2, 0.25) is 0 Å². The van der Waals surface area contributed by atoms with E-state index >= 15 is 0 Å². The quantitative estimate of drug-likeness (QED) is 0.627. The molecule has 1 saturated carbocycles. The number of guanidine groups is 1. The molecule has 0 atom stereocenters. The second-order valence-electron chi connectivity index (χ2n) is 6.57. The molecule has 0 unspecified atom stereocenters. The zero-order valence-electron chi connectivity index (χ0n) is 14.2. The van der Waals surface area contributed by atoms with E-state index in [1.807, 2.05) is 24.3 Å². The zero-order valence-corrected chi connectivity index (χ0v) is 14.2. The van der Waals surface area contributed by atoms with E-state index in [1.54, 1.807) is 7.11 Å². The highest BCUT2D eigenvalue weighted by Gasteiger charge is 2.36. The van der Waals surface area contributed by atoms with Crippen molar-refractivity contribution in [1.29, 1.82) is 0 Å². The Labute approximate surface area is 143 Å². The average molecular weight is 323 g/mol. The number of ether oxygens (including phenoxy) is 1. The maximum Gasteiger partial charge on any atom is 0.193 e. The van der Waals surface area contributed by atoms with E-state index in [0.29, 0.717) is 5.96 Å². The van der Waals surface area contributed by atoms with Crippen molar-refractivity contribution in [1.82, 2.24) is 0 Å². The predicted molar refractivity (Wildman–Crippen MR) is 99.5 cm³/mol. The van der Waals surface area contributed by atoms with Crippen molar-refractivity contribution in [2.45, 2.75) is 25.7 Å². The van der Waals surface area contributed by atoms with Crippen LogP contribution in [0.25, 0.3) is 0 Å². The number of aliphatic imine (C=N–C) groups is 1. The summed E-state index contributed by atoms with van der Waals surface area (Å²) in [6.45, 7) is 0.775. The summed E-state index contributed by atoms with van der Waals surface area (Å²) in [5.74, 6) is 1.30. The van der Waals surface area contributed by atoms with Gasteiger partial charge in [0.15, 0.2) is 5.96 Å². The molecule has 0 spiro atoms. The third-order valence-corrected chi connectivity index (χ3v) is 4.78. The largest absolute Gasteiger partial charge is 0.497 e. The van der Waals surface area contributed by atoms with Gasteiger partial charge in [-0.2, -0.15) is 0 Å². The lowest BCUT2D eigenvalue weighted by atomic mass is 9.65. The monoisotopic (exact) mass is 323 g/mol. The lowest BCUT2D eigenvalue weighted by molar-refractivity contribution is 0.145. The Balaban J connectivity index is 1.60. The molecule has 126 valence electrons. The molecule has 1 aliphatic carbocycles. The lowest BCUT2D eigenvalue weighted by Gasteiger charge is -2.41. The van der Waals surface area contributed by atoms with Gasteiger partial charge >= 0.3 is 0 Å². The number of methoxy groups -OCH3 is 1. The minimum absolute atomic E-state index is 0.271. The van der Waals surface area contributed by atoms with Crippen molar-refractivity contribution < 1.29 is 4.74 Å². The first kappa shape index (κ1) is 16.4. The normalized spacial score (nSPS) is 16.3. The number of rotatable bonds is 6. The molecule has 0 bridgehead atoms. The van der Waals surface area contributed by atoms with Gasteiger partial charge in [0.25, 0.3) is 0 Å². The van der Waals surface area contributed by atoms with E-state index in [4.69, 9.17) is 10.5 Å². The molecule has 0 saturated heterocycles. The van der Waals surface area contributed by atoms with E-state index in [1.165, 1.54) is 24.8 Å². The molecule has 2 aromatic carbocycles. The highest BCUT2D eigenvalue weighted by molar-refractivity contribution is 5.92. The van der Waals surface area contributed by atoms with Gasteiger partial charge in [-0.1, -0.05) is 36.8 Å². The van der Waals surface area contributed by atoms with Crippen molar-refractivity contribution >= 4 is 11.6 Å². The van der Waals surface area contributed by atoms with Crippen LogP contribution in [0.4, 0.5) is 5.69 Å². The maximum atomic E-state index is 6.06. The first-order valence-corrected chi connectivity index (χ1v) is 8.44. The van der Waals surface area contributed by atoms with Gasteiger partial charge in [-0.3, -0.25) is 4.99 Å². The molecule has 0 heterocycles. The predicted octanol–water partition coefficient (Wildman–Crippen LogP) is 3.83. The lowest BCUT2D eigenvalue weighted by Crippen LogP contribution is -2.36. The molecule has 0 radical (unpaired) electrons. The molecule has 24 heavy (non-hydrogen) atoms. The van der Waals surface area contributed by atoms with Crippen LogP contribution in [-0.2, 0) is 6.42 Å². The van der Waals surface area contributed by atoms with Gasteiger partial charge in [-0.25, -0.2) is 0 Å². The third kappa shape index (κ3) is 4.07. The first-order chi connectivity index (χ1) is 11.7. The number of anilines is 1. The van der Waals surface area contributed by atoms with Crippen LogP contribution in [0.5, 0.6) is 5.75 Å². The third-order valence-electron chi connectivity index (χ3n) is 4.78. The SMILES string of the molecule is COc1ccc(NC(N)=NCC2(Cc3ccccc3)CCC2)cc1. The smallest absolute Gasteiger partial charge is 0.193 e. The maximum absolute atomic E-state index is 6.06. The number of hydrogen-bond donors (Lipinski definition) is 2. The molecule has 4 nitrogen and oxygen atoms in total. The van der Waals surface area contributed by atoms with E-state index in [9.17, 15) is 0 Å². The van der Waals surface area contributed by atoms with Crippen LogP contribution in [0, 0.1) is 5.41 Å².